The highest BCUT2D eigenvalue weighted by atomic mass is 16.7. The highest BCUT2D eigenvalue weighted by Gasteiger charge is 2.61. The van der Waals surface area contributed by atoms with Crippen molar-refractivity contribution in [3.63, 3.8) is 0 Å². The lowest BCUT2D eigenvalue weighted by molar-refractivity contribution is -0.299. The van der Waals surface area contributed by atoms with Crippen LogP contribution in [-0.2, 0) is 23.8 Å². The van der Waals surface area contributed by atoms with Gasteiger partial charge in [0.1, 0.15) is 30.5 Å². The Morgan fingerprint density at radius 2 is 1.84 bits per heavy atom. The van der Waals surface area contributed by atoms with E-state index in [4.69, 9.17) is 14.2 Å². The third kappa shape index (κ3) is 4.90. The van der Waals surface area contributed by atoms with E-state index in [9.17, 15) is 30.0 Å². The second kappa shape index (κ2) is 11.5. The summed E-state index contributed by atoms with van der Waals surface area (Å²) in [6.45, 7) is 8.03. The Bertz CT molecular complexity index is 1220. The third-order valence-electron chi connectivity index (χ3n) is 12.7. The molecule has 0 aromatic carbocycles. The molecule has 0 aromatic rings. The van der Waals surface area contributed by atoms with E-state index < -0.39 is 43.3 Å². The molecule has 1 saturated heterocycles. The predicted molar refractivity (Wildman–Crippen MR) is 156 cm³/mol. The Kier molecular flexibility index (Phi) is 8.31. The lowest BCUT2D eigenvalue weighted by atomic mass is 9.47. The molecule has 5 unspecified atom stereocenters. The summed E-state index contributed by atoms with van der Waals surface area (Å²) in [4.78, 5) is 26.5. The number of fused-ring (bicyclic) bond motifs is 5. The first-order chi connectivity index (χ1) is 20.4. The van der Waals surface area contributed by atoms with E-state index in [1.54, 1.807) is 0 Å². The van der Waals surface area contributed by atoms with Gasteiger partial charge in [0.15, 0.2) is 12.1 Å². The van der Waals surface area contributed by atoms with Crippen molar-refractivity contribution in [2.24, 2.45) is 40.4 Å². The molecule has 2 aliphatic heterocycles. The van der Waals surface area contributed by atoms with Crippen molar-refractivity contribution in [2.75, 3.05) is 13.2 Å². The normalized spacial score (nSPS) is 46.9. The van der Waals surface area contributed by atoms with Crippen LogP contribution in [0, 0.1) is 40.4 Å². The fourth-order valence-electron chi connectivity index (χ4n) is 10.0. The zero-order valence-corrected chi connectivity index (χ0v) is 25.8. The van der Waals surface area contributed by atoms with E-state index in [-0.39, 0.29) is 35.2 Å². The molecular formula is C34H48O9. The topological polar surface area (TPSA) is 143 Å². The number of allylic oxidation sites excluding steroid dienone is 4. The van der Waals surface area contributed by atoms with Crippen LogP contribution in [0.25, 0.3) is 0 Å². The predicted octanol–water partition coefficient (Wildman–Crippen LogP) is 3.00. The molecule has 2 heterocycles. The van der Waals surface area contributed by atoms with E-state index in [0.29, 0.717) is 35.7 Å². The molecule has 4 aliphatic carbocycles. The van der Waals surface area contributed by atoms with E-state index in [0.717, 1.165) is 44.1 Å². The second-order valence-electron chi connectivity index (χ2n) is 14.5. The highest BCUT2D eigenvalue weighted by molar-refractivity contribution is 5.98. The van der Waals surface area contributed by atoms with Crippen molar-refractivity contribution in [2.45, 2.75) is 109 Å². The molecule has 43 heavy (non-hydrogen) atoms. The number of ketones is 1. The molecule has 9 nitrogen and oxygen atoms in total. The summed E-state index contributed by atoms with van der Waals surface area (Å²) in [5, 5.41) is 39.8. The van der Waals surface area contributed by atoms with Crippen LogP contribution in [0.15, 0.2) is 34.9 Å². The molecule has 238 valence electrons. The first kappa shape index (κ1) is 31.1. The Balaban J connectivity index is 1.12. The number of ether oxygens (including phenoxy) is 3. The van der Waals surface area contributed by atoms with Crippen LogP contribution in [0.4, 0.5) is 0 Å². The molecule has 13 atom stereocenters. The molecule has 2 saturated carbocycles. The van der Waals surface area contributed by atoms with Crippen LogP contribution in [0.1, 0.15) is 72.6 Å². The number of aliphatic hydroxyl groups is 4. The van der Waals surface area contributed by atoms with Gasteiger partial charge in [-0.25, -0.2) is 4.79 Å². The van der Waals surface area contributed by atoms with E-state index in [2.05, 4.69) is 26.8 Å². The average molecular weight is 601 g/mol. The second-order valence-corrected chi connectivity index (χ2v) is 14.5. The van der Waals surface area contributed by atoms with E-state index in [1.165, 1.54) is 5.57 Å². The molecule has 6 rings (SSSR count). The van der Waals surface area contributed by atoms with E-state index >= 15 is 0 Å². The molecule has 0 aromatic heterocycles. The molecule has 4 N–H and O–H groups in total. The monoisotopic (exact) mass is 600 g/mol. The summed E-state index contributed by atoms with van der Waals surface area (Å²) in [7, 11) is 0. The standard InChI is InChI=1S/C34H48O9/c1-17-14-25(42-31(40)21(17)16-41-32-30(39)29(38)28(37)26(15-35)43-32)18(2)22-10-11-23-20-9-8-19-6-5-7-27(36)34(19,4)24(20)12-13-33(22,23)3/h5,7-8,18,20,22-26,28-30,32,35,37-39H,6,9-16H2,1-4H3/t18-,20?,22?,23?,24?,25?,26+,28-,29-,30+,32+,33+,34-/m0/s1. The molecule has 3 fully saturated rings. The summed E-state index contributed by atoms with van der Waals surface area (Å²) < 4.78 is 17.1. The van der Waals surface area contributed by atoms with Gasteiger partial charge < -0.3 is 34.6 Å². The quantitative estimate of drug-likeness (QED) is 0.267. The highest BCUT2D eigenvalue weighted by Crippen LogP contribution is 2.66. The Labute approximate surface area is 254 Å². The van der Waals surface area contributed by atoms with Gasteiger partial charge in [-0.1, -0.05) is 37.1 Å². The van der Waals surface area contributed by atoms with Crippen LogP contribution in [0.5, 0.6) is 0 Å². The first-order valence-corrected chi connectivity index (χ1v) is 16.1. The zero-order chi connectivity index (χ0) is 30.8. The Hall–Kier alpha value is -1.88. The van der Waals surface area contributed by atoms with Crippen LogP contribution in [0.3, 0.4) is 0 Å². The lowest BCUT2D eigenvalue weighted by Gasteiger charge is -2.57. The largest absolute Gasteiger partial charge is 0.458 e. The fraction of sp³-hybridized carbons (Fsp3) is 0.765. The zero-order valence-electron chi connectivity index (χ0n) is 25.8. The maximum absolute atomic E-state index is 13.2. The number of esters is 1. The lowest BCUT2D eigenvalue weighted by Crippen LogP contribution is -2.59. The SMILES string of the molecule is CC1=C(CO[C@@H]2O[C@H](CO)[C@H](O)[C@H](O)[C@H]2O)C(=O)OC([C@@H](C)C2CCC3C4CC=C5CC=CC(=O)[C@]5(C)C4CC[C@@]32C)C1. The van der Waals surface area contributed by atoms with Gasteiger partial charge in [0.2, 0.25) is 0 Å². The van der Waals surface area contributed by atoms with Gasteiger partial charge >= 0.3 is 5.97 Å². The smallest absolute Gasteiger partial charge is 0.336 e. The molecule has 0 amide bonds. The van der Waals surface area contributed by atoms with Crippen molar-refractivity contribution in [1.29, 1.82) is 0 Å². The van der Waals surface area contributed by atoms with Crippen molar-refractivity contribution in [1.82, 2.24) is 0 Å². The number of aliphatic hydroxyl groups excluding tert-OH is 4. The van der Waals surface area contributed by atoms with Gasteiger partial charge in [0.25, 0.3) is 0 Å². The van der Waals surface area contributed by atoms with Crippen molar-refractivity contribution in [3.8, 4) is 0 Å². The minimum absolute atomic E-state index is 0.131. The summed E-state index contributed by atoms with van der Waals surface area (Å²) in [5.41, 5.74) is 2.31. The van der Waals surface area contributed by atoms with Gasteiger partial charge in [0.05, 0.1) is 24.2 Å². The average Bonchev–Trinajstić information content (AvgIpc) is 3.34. The van der Waals surface area contributed by atoms with Crippen molar-refractivity contribution < 1.29 is 44.2 Å². The maximum Gasteiger partial charge on any atom is 0.336 e. The van der Waals surface area contributed by atoms with Gasteiger partial charge in [-0.15, -0.1) is 0 Å². The molecule has 6 aliphatic rings. The van der Waals surface area contributed by atoms with Gasteiger partial charge in [-0.3, -0.25) is 4.79 Å². The maximum atomic E-state index is 13.2. The Morgan fingerprint density at radius 3 is 2.56 bits per heavy atom. The molecule has 0 spiro atoms. The summed E-state index contributed by atoms with van der Waals surface area (Å²) in [6.07, 6.45) is 5.92. The first-order valence-electron chi connectivity index (χ1n) is 16.1. The van der Waals surface area contributed by atoms with Crippen LogP contribution in [-0.4, -0.2) is 82.2 Å². The van der Waals surface area contributed by atoms with Crippen molar-refractivity contribution >= 4 is 11.8 Å². The minimum Gasteiger partial charge on any atom is -0.458 e. The Morgan fingerprint density at radius 1 is 1.07 bits per heavy atom. The number of rotatable bonds is 6. The van der Waals surface area contributed by atoms with Crippen LogP contribution >= 0.6 is 0 Å². The van der Waals surface area contributed by atoms with Gasteiger partial charge in [-0.05, 0) is 93.5 Å². The number of hydrogen-bond donors (Lipinski definition) is 4. The van der Waals surface area contributed by atoms with Crippen molar-refractivity contribution in [3.05, 3.63) is 34.9 Å². The molecule has 0 radical (unpaired) electrons. The number of carbonyl (C=O) groups excluding carboxylic acids is 2. The number of carbonyl (C=O) groups is 2. The molecule has 9 heteroatoms. The number of hydrogen-bond acceptors (Lipinski definition) is 9. The van der Waals surface area contributed by atoms with Gasteiger partial charge in [-0.2, -0.15) is 0 Å². The van der Waals surface area contributed by atoms with Crippen LogP contribution in [0.2, 0.25) is 0 Å². The minimum atomic E-state index is -1.55. The summed E-state index contributed by atoms with van der Waals surface area (Å²) >= 11 is 0. The number of cyclic esters (lactones) is 1. The van der Waals surface area contributed by atoms with Crippen LogP contribution < -0.4 is 0 Å². The molecule has 0 bridgehead atoms. The fourth-order valence-corrected chi connectivity index (χ4v) is 10.0. The summed E-state index contributed by atoms with van der Waals surface area (Å²) in [6, 6.07) is 0. The van der Waals surface area contributed by atoms with E-state index in [1.807, 2.05) is 19.1 Å². The third-order valence-corrected chi connectivity index (χ3v) is 12.7. The summed E-state index contributed by atoms with van der Waals surface area (Å²) in [5.74, 6) is 1.84. The molecular weight excluding hydrogens is 552 g/mol. The van der Waals surface area contributed by atoms with Gasteiger partial charge in [0, 0.05) is 6.42 Å².